The van der Waals surface area contributed by atoms with Gasteiger partial charge in [0.25, 0.3) is 5.56 Å². The molecule has 4 nitrogen and oxygen atoms in total. The highest BCUT2D eigenvalue weighted by Crippen LogP contribution is 2.30. The first-order valence-electron chi connectivity index (χ1n) is 6.83. The third kappa shape index (κ3) is 3.78. The van der Waals surface area contributed by atoms with E-state index in [1.807, 2.05) is 32.0 Å². The van der Waals surface area contributed by atoms with E-state index in [-0.39, 0.29) is 29.0 Å². The molecule has 0 fully saturated rings. The number of aromatic nitrogens is 1. The minimum Gasteiger partial charge on any atom is -0.326 e. The Morgan fingerprint density at radius 3 is 2.68 bits per heavy atom. The van der Waals surface area contributed by atoms with Crippen molar-refractivity contribution in [2.75, 3.05) is 5.32 Å². The summed E-state index contributed by atoms with van der Waals surface area (Å²) in [6.45, 7) is 3.76. The maximum absolute atomic E-state index is 12.4. The average Bonchev–Trinajstić information content (AvgIpc) is 2.50. The Hall–Kier alpha value is -1.59. The van der Waals surface area contributed by atoms with Gasteiger partial charge in [0.2, 0.25) is 5.91 Å². The van der Waals surface area contributed by atoms with Gasteiger partial charge in [0, 0.05) is 21.6 Å². The van der Waals surface area contributed by atoms with Crippen LogP contribution in [-0.4, -0.2) is 10.9 Å². The van der Waals surface area contributed by atoms with Crippen molar-refractivity contribution < 1.29 is 4.79 Å². The minimum atomic E-state index is -0.339. The highest BCUT2D eigenvalue weighted by atomic mass is 79.9. The molecule has 0 saturated carbocycles. The van der Waals surface area contributed by atoms with Gasteiger partial charge in [-0.2, -0.15) is 0 Å². The van der Waals surface area contributed by atoms with E-state index in [2.05, 4.69) is 26.2 Å². The Bertz CT molecular complexity index is 745. The van der Waals surface area contributed by atoms with Gasteiger partial charge in [-0.25, -0.2) is 0 Å². The van der Waals surface area contributed by atoms with Gasteiger partial charge >= 0.3 is 0 Å². The molecule has 2 aromatic rings. The molecular weight excluding hydrogens is 368 g/mol. The van der Waals surface area contributed by atoms with Gasteiger partial charge < -0.3 is 10.3 Å². The second-order valence-electron chi connectivity index (χ2n) is 5.15. The molecule has 0 saturated heterocycles. The number of aromatic amines is 1. The average molecular weight is 384 g/mol. The Morgan fingerprint density at radius 1 is 1.32 bits per heavy atom. The highest BCUT2D eigenvalue weighted by molar-refractivity contribution is 9.10. The summed E-state index contributed by atoms with van der Waals surface area (Å²) in [6, 6.07) is 9.02. The molecule has 2 rings (SSSR count). The minimum absolute atomic E-state index is 0.0695. The molecule has 1 aromatic heterocycles. The van der Waals surface area contributed by atoms with Gasteiger partial charge in [0.1, 0.15) is 5.69 Å². The van der Waals surface area contributed by atoms with Crippen LogP contribution in [0.25, 0.3) is 0 Å². The number of carbonyl (C=O) groups is 1. The van der Waals surface area contributed by atoms with E-state index in [0.717, 1.165) is 5.56 Å². The van der Waals surface area contributed by atoms with E-state index in [1.54, 1.807) is 12.1 Å². The summed E-state index contributed by atoms with van der Waals surface area (Å²) in [7, 11) is 0. The summed E-state index contributed by atoms with van der Waals surface area (Å²) >= 11 is 9.44. The van der Waals surface area contributed by atoms with Gasteiger partial charge in [-0.1, -0.05) is 43.6 Å². The number of anilines is 1. The molecule has 0 aliphatic rings. The summed E-state index contributed by atoms with van der Waals surface area (Å²) in [5.41, 5.74) is 0.793. The Kier molecular flexibility index (Phi) is 5.42. The van der Waals surface area contributed by atoms with Crippen molar-refractivity contribution >= 4 is 39.1 Å². The maximum Gasteiger partial charge on any atom is 0.271 e. The first-order chi connectivity index (χ1) is 10.4. The Morgan fingerprint density at radius 2 is 2.00 bits per heavy atom. The third-order valence-corrected chi connectivity index (χ3v) is 4.49. The van der Waals surface area contributed by atoms with Crippen LogP contribution in [0, 0.1) is 5.92 Å². The van der Waals surface area contributed by atoms with Crippen molar-refractivity contribution in [3.8, 4) is 0 Å². The number of carbonyl (C=O) groups excluding carboxylic acids is 1. The largest absolute Gasteiger partial charge is 0.326 e. The monoisotopic (exact) mass is 382 g/mol. The SMILES string of the molecule is CC(C(=O)Nc1cc(Br)c[nH]c1=O)C(C)c1ccccc1Cl. The Balaban J connectivity index is 2.17. The number of rotatable bonds is 4. The molecule has 1 aromatic carbocycles. The molecule has 0 radical (unpaired) electrons. The zero-order valence-electron chi connectivity index (χ0n) is 12.2. The number of hydrogen-bond donors (Lipinski definition) is 2. The molecule has 2 N–H and O–H groups in total. The molecule has 1 amide bonds. The predicted molar refractivity (Wildman–Crippen MR) is 92.4 cm³/mol. The van der Waals surface area contributed by atoms with Gasteiger partial charge in [-0.05, 0) is 39.5 Å². The summed E-state index contributed by atoms with van der Waals surface area (Å²) in [5.74, 6) is -0.630. The summed E-state index contributed by atoms with van der Waals surface area (Å²) in [6.07, 6.45) is 1.52. The fourth-order valence-corrected chi connectivity index (χ4v) is 2.79. The smallest absolute Gasteiger partial charge is 0.271 e. The zero-order valence-corrected chi connectivity index (χ0v) is 14.5. The van der Waals surface area contributed by atoms with Crippen LogP contribution in [0.15, 0.2) is 45.8 Å². The zero-order chi connectivity index (χ0) is 16.3. The molecule has 0 aliphatic heterocycles. The van der Waals surface area contributed by atoms with E-state index in [4.69, 9.17) is 11.6 Å². The fraction of sp³-hybridized carbons (Fsp3) is 0.250. The number of pyridine rings is 1. The van der Waals surface area contributed by atoms with Gasteiger partial charge in [-0.15, -0.1) is 0 Å². The summed E-state index contributed by atoms with van der Waals surface area (Å²) in [5, 5.41) is 3.30. The molecule has 116 valence electrons. The lowest BCUT2D eigenvalue weighted by Gasteiger charge is -2.20. The first kappa shape index (κ1) is 16.8. The van der Waals surface area contributed by atoms with Crippen molar-refractivity contribution in [3.05, 3.63) is 61.9 Å². The van der Waals surface area contributed by atoms with Crippen LogP contribution in [0.4, 0.5) is 5.69 Å². The van der Waals surface area contributed by atoms with Crippen molar-refractivity contribution in [1.29, 1.82) is 0 Å². The highest BCUT2D eigenvalue weighted by Gasteiger charge is 2.23. The third-order valence-electron chi connectivity index (χ3n) is 3.69. The van der Waals surface area contributed by atoms with Crippen molar-refractivity contribution in [3.63, 3.8) is 0 Å². The van der Waals surface area contributed by atoms with Gasteiger partial charge in [0.05, 0.1) is 0 Å². The Labute approximate surface area is 142 Å². The summed E-state index contributed by atoms with van der Waals surface area (Å²) in [4.78, 5) is 26.6. The molecule has 0 bridgehead atoms. The van der Waals surface area contributed by atoms with Gasteiger partial charge in [-0.3, -0.25) is 9.59 Å². The van der Waals surface area contributed by atoms with Crippen molar-refractivity contribution in [1.82, 2.24) is 4.98 Å². The van der Waals surface area contributed by atoms with Crippen molar-refractivity contribution in [2.24, 2.45) is 5.92 Å². The molecule has 1 heterocycles. The van der Waals surface area contributed by atoms with E-state index in [1.165, 1.54) is 6.20 Å². The molecule has 2 unspecified atom stereocenters. The van der Waals surface area contributed by atoms with Crippen LogP contribution in [0.3, 0.4) is 0 Å². The summed E-state index contributed by atoms with van der Waals surface area (Å²) < 4.78 is 0.689. The second kappa shape index (κ2) is 7.11. The lowest BCUT2D eigenvalue weighted by molar-refractivity contribution is -0.119. The standard InChI is InChI=1S/C16H16BrClN2O2/c1-9(12-5-3-4-6-13(12)18)10(2)15(21)20-14-7-11(17)8-19-16(14)22/h3-10H,1-2H3,(H,19,22)(H,20,21). The van der Waals surface area contributed by atoms with Crippen LogP contribution < -0.4 is 10.9 Å². The van der Waals surface area contributed by atoms with E-state index in [9.17, 15) is 9.59 Å². The number of benzene rings is 1. The number of H-pyrrole nitrogens is 1. The van der Waals surface area contributed by atoms with E-state index in [0.29, 0.717) is 9.50 Å². The number of nitrogens with one attached hydrogen (secondary N) is 2. The fourth-order valence-electron chi connectivity index (χ4n) is 2.14. The maximum atomic E-state index is 12.4. The molecular formula is C16H16BrClN2O2. The topological polar surface area (TPSA) is 62.0 Å². The van der Waals surface area contributed by atoms with E-state index >= 15 is 0 Å². The molecule has 0 spiro atoms. The van der Waals surface area contributed by atoms with Crippen LogP contribution in [-0.2, 0) is 4.79 Å². The van der Waals surface area contributed by atoms with E-state index < -0.39 is 0 Å². The van der Waals surface area contributed by atoms with Gasteiger partial charge in [0.15, 0.2) is 0 Å². The molecule has 6 heteroatoms. The number of amides is 1. The quantitative estimate of drug-likeness (QED) is 0.832. The number of halogens is 2. The number of hydrogen-bond acceptors (Lipinski definition) is 2. The lowest BCUT2D eigenvalue weighted by atomic mass is 9.88. The molecule has 22 heavy (non-hydrogen) atoms. The van der Waals surface area contributed by atoms with Crippen molar-refractivity contribution in [2.45, 2.75) is 19.8 Å². The lowest BCUT2D eigenvalue weighted by Crippen LogP contribution is -2.27. The first-order valence-corrected chi connectivity index (χ1v) is 8.00. The normalized spacial score (nSPS) is 13.5. The van der Waals surface area contributed by atoms with Crippen LogP contribution in [0.2, 0.25) is 5.02 Å². The van der Waals surface area contributed by atoms with Crippen LogP contribution in [0.1, 0.15) is 25.3 Å². The molecule has 0 aliphatic carbocycles. The van der Waals surface area contributed by atoms with Crippen LogP contribution in [0.5, 0.6) is 0 Å². The van der Waals surface area contributed by atoms with Crippen LogP contribution >= 0.6 is 27.5 Å². The second-order valence-corrected chi connectivity index (χ2v) is 6.47. The predicted octanol–water partition coefficient (Wildman–Crippen LogP) is 4.17. The molecule has 2 atom stereocenters.